The monoisotopic (exact) mass is 432 g/mol. The quantitative estimate of drug-likeness (QED) is 0.284. The van der Waals surface area contributed by atoms with Crippen LogP contribution in [0.4, 0.5) is 4.39 Å². The molecule has 0 amide bonds. The maximum atomic E-state index is 14.2. The lowest BCUT2D eigenvalue weighted by atomic mass is 9.76. The van der Waals surface area contributed by atoms with Gasteiger partial charge in [-0.1, -0.05) is 30.3 Å². The van der Waals surface area contributed by atoms with Crippen LogP contribution in [0.1, 0.15) is 37.8 Å². The second-order valence-corrected chi connectivity index (χ2v) is 6.83. The molecule has 31 heavy (non-hydrogen) atoms. The van der Waals surface area contributed by atoms with E-state index in [1.165, 1.54) is 19.2 Å². The molecule has 2 aromatic carbocycles. The number of hydrogen-bond donors (Lipinski definition) is 0. The van der Waals surface area contributed by atoms with Gasteiger partial charge in [-0.15, -0.1) is 0 Å². The van der Waals surface area contributed by atoms with Crippen LogP contribution in [0.5, 0.6) is 5.75 Å². The van der Waals surface area contributed by atoms with Crippen molar-refractivity contribution in [2.75, 3.05) is 26.9 Å². The van der Waals surface area contributed by atoms with Gasteiger partial charge in [0.05, 0.1) is 26.9 Å². The van der Waals surface area contributed by atoms with Crippen LogP contribution in [0.15, 0.2) is 48.5 Å². The van der Waals surface area contributed by atoms with Gasteiger partial charge < -0.3 is 18.9 Å². The fraction of sp³-hybridized carbons (Fsp3) is 0.417. The van der Waals surface area contributed by atoms with Crippen LogP contribution in [-0.2, 0) is 35.8 Å². The van der Waals surface area contributed by atoms with Gasteiger partial charge in [0.15, 0.2) is 5.41 Å². The summed E-state index contributed by atoms with van der Waals surface area (Å²) in [6.45, 7) is 4.08. The summed E-state index contributed by atoms with van der Waals surface area (Å²) in [5.41, 5.74) is -0.776. The van der Waals surface area contributed by atoms with Crippen LogP contribution < -0.4 is 4.74 Å². The normalized spacial score (nSPS) is 11.1. The first-order chi connectivity index (χ1) is 15.0. The number of halogens is 1. The molecular weight excluding hydrogens is 403 g/mol. The number of esters is 2. The van der Waals surface area contributed by atoms with Gasteiger partial charge in [-0.25, -0.2) is 4.39 Å². The van der Waals surface area contributed by atoms with Crippen molar-refractivity contribution < 1.29 is 32.9 Å². The number of rotatable bonds is 12. The predicted octanol–water partition coefficient (Wildman–Crippen LogP) is 4.20. The summed E-state index contributed by atoms with van der Waals surface area (Å²) in [4.78, 5) is 26.2. The second kappa shape index (κ2) is 12.1. The molecule has 0 aromatic heterocycles. The molecule has 0 bridgehead atoms. The van der Waals surface area contributed by atoms with Crippen molar-refractivity contribution in [1.82, 2.24) is 0 Å². The van der Waals surface area contributed by atoms with Crippen molar-refractivity contribution in [3.63, 3.8) is 0 Å². The maximum absolute atomic E-state index is 14.2. The minimum Gasteiger partial charge on any atom is -0.496 e. The zero-order chi connectivity index (χ0) is 22.7. The molecule has 0 spiro atoms. The summed E-state index contributed by atoms with van der Waals surface area (Å²) in [6.07, 6.45) is 0.351. The molecule has 0 atom stereocenters. The lowest BCUT2D eigenvalue weighted by Gasteiger charge is -2.31. The number of hydrogen-bond acceptors (Lipinski definition) is 6. The standard InChI is InChI=1S/C24H29FO6/c1-4-30-22(26)24(23(27)31-5-2,20-16-19(25)12-13-21(20)28-3)14-9-15-29-17-18-10-7-6-8-11-18/h6-8,10-13,16H,4-5,9,14-15,17H2,1-3H3. The van der Waals surface area contributed by atoms with Crippen LogP contribution in [0.2, 0.25) is 0 Å². The Balaban J connectivity index is 2.32. The van der Waals surface area contributed by atoms with E-state index in [1.54, 1.807) is 13.8 Å². The highest BCUT2D eigenvalue weighted by atomic mass is 19.1. The Morgan fingerprint density at radius 3 is 2.19 bits per heavy atom. The van der Waals surface area contributed by atoms with Crippen molar-refractivity contribution in [1.29, 1.82) is 0 Å². The van der Waals surface area contributed by atoms with Crippen molar-refractivity contribution in [2.45, 2.75) is 38.7 Å². The average molecular weight is 432 g/mol. The van der Waals surface area contributed by atoms with Crippen LogP contribution in [0.3, 0.4) is 0 Å². The SMILES string of the molecule is CCOC(=O)C(CCCOCc1ccccc1)(C(=O)OCC)c1cc(F)ccc1OC. The number of carbonyl (C=O) groups excluding carboxylic acids is 2. The molecule has 6 nitrogen and oxygen atoms in total. The van der Waals surface area contributed by atoms with E-state index in [4.69, 9.17) is 18.9 Å². The molecule has 7 heteroatoms. The molecule has 0 saturated heterocycles. The lowest BCUT2D eigenvalue weighted by Crippen LogP contribution is -2.47. The molecule has 0 aliphatic rings. The molecule has 0 heterocycles. The molecule has 0 radical (unpaired) electrons. The van der Waals surface area contributed by atoms with E-state index < -0.39 is 23.2 Å². The van der Waals surface area contributed by atoms with Crippen molar-refractivity contribution in [3.05, 3.63) is 65.5 Å². The Kier molecular flexibility index (Phi) is 9.46. The highest BCUT2D eigenvalue weighted by Gasteiger charge is 2.52. The van der Waals surface area contributed by atoms with Crippen molar-refractivity contribution in [2.24, 2.45) is 0 Å². The largest absolute Gasteiger partial charge is 0.496 e. The fourth-order valence-corrected chi connectivity index (χ4v) is 3.37. The molecule has 0 aliphatic heterocycles. The topological polar surface area (TPSA) is 71.1 Å². The third kappa shape index (κ3) is 6.04. The Morgan fingerprint density at radius 1 is 0.968 bits per heavy atom. The predicted molar refractivity (Wildman–Crippen MR) is 113 cm³/mol. The van der Waals surface area contributed by atoms with Crippen molar-refractivity contribution >= 4 is 11.9 Å². The smallest absolute Gasteiger partial charge is 0.328 e. The van der Waals surface area contributed by atoms with Crippen molar-refractivity contribution in [3.8, 4) is 5.75 Å². The summed E-state index contributed by atoms with van der Waals surface area (Å²) < 4.78 is 35.7. The Bertz CT molecular complexity index is 834. The Morgan fingerprint density at radius 2 is 1.61 bits per heavy atom. The molecule has 0 fully saturated rings. The van der Waals surface area contributed by atoms with Crippen LogP contribution in [0, 0.1) is 5.82 Å². The first kappa shape index (κ1) is 24.3. The Labute approximate surface area is 182 Å². The Hall–Kier alpha value is -2.93. The van der Waals surface area contributed by atoms with E-state index in [2.05, 4.69) is 0 Å². The van der Waals surface area contributed by atoms with Gasteiger partial charge in [0.1, 0.15) is 11.6 Å². The number of ether oxygens (including phenoxy) is 4. The summed E-state index contributed by atoms with van der Waals surface area (Å²) in [7, 11) is 1.39. The summed E-state index contributed by atoms with van der Waals surface area (Å²) in [5, 5.41) is 0. The average Bonchev–Trinajstić information content (AvgIpc) is 2.77. The third-order valence-corrected chi connectivity index (χ3v) is 4.82. The number of carbonyl (C=O) groups is 2. The molecule has 2 aromatic rings. The van der Waals surface area contributed by atoms with Gasteiger partial charge in [0.2, 0.25) is 0 Å². The maximum Gasteiger partial charge on any atom is 0.328 e. The van der Waals surface area contributed by atoms with Crippen LogP contribution in [0.25, 0.3) is 0 Å². The van der Waals surface area contributed by atoms with E-state index in [-0.39, 0.29) is 37.6 Å². The highest BCUT2D eigenvalue weighted by Crippen LogP contribution is 2.39. The molecule has 0 saturated carbocycles. The molecule has 0 aliphatic carbocycles. The number of methoxy groups -OCH3 is 1. The fourth-order valence-electron chi connectivity index (χ4n) is 3.37. The molecule has 2 rings (SSSR count). The van der Waals surface area contributed by atoms with E-state index >= 15 is 0 Å². The second-order valence-electron chi connectivity index (χ2n) is 6.83. The van der Waals surface area contributed by atoms with Gasteiger partial charge in [-0.3, -0.25) is 9.59 Å². The summed E-state index contributed by atoms with van der Waals surface area (Å²) >= 11 is 0. The highest BCUT2D eigenvalue weighted by molar-refractivity contribution is 6.07. The van der Waals surface area contributed by atoms with E-state index in [0.29, 0.717) is 13.0 Å². The molecule has 0 N–H and O–H groups in total. The molecule has 0 unspecified atom stereocenters. The summed E-state index contributed by atoms with van der Waals surface area (Å²) in [5.74, 6) is -2.01. The first-order valence-corrected chi connectivity index (χ1v) is 10.3. The van der Waals surface area contributed by atoms with Crippen LogP contribution in [-0.4, -0.2) is 38.9 Å². The van der Waals surface area contributed by atoms with Gasteiger partial charge in [-0.2, -0.15) is 0 Å². The van der Waals surface area contributed by atoms with Gasteiger partial charge in [0.25, 0.3) is 0 Å². The zero-order valence-electron chi connectivity index (χ0n) is 18.2. The van der Waals surface area contributed by atoms with E-state index in [1.807, 2.05) is 30.3 Å². The van der Waals surface area contributed by atoms with Gasteiger partial charge in [-0.05, 0) is 50.5 Å². The minimum absolute atomic E-state index is 0.0132. The van der Waals surface area contributed by atoms with Gasteiger partial charge in [0, 0.05) is 12.2 Å². The van der Waals surface area contributed by atoms with Gasteiger partial charge >= 0.3 is 11.9 Å². The number of benzene rings is 2. The lowest BCUT2D eigenvalue weighted by molar-refractivity contribution is -0.165. The van der Waals surface area contributed by atoms with E-state index in [0.717, 1.165) is 11.6 Å². The van der Waals surface area contributed by atoms with E-state index in [9.17, 15) is 14.0 Å². The van der Waals surface area contributed by atoms with Crippen LogP contribution >= 0.6 is 0 Å². The molecule has 168 valence electrons. The first-order valence-electron chi connectivity index (χ1n) is 10.3. The minimum atomic E-state index is -1.87. The molecular formula is C24H29FO6. The summed E-state index contributed by atoms with van der Waals surface area (Å²) in [6, 6.07) is 13.3. The third-order valence-electron chi connectivity index (χ3n) is 4.82. The zero-order valence-corrected chi connectivity index (χ0v) is 18.2.